The van der Waals surface area contributed by atoms with Crippen molar-refractivity contribution in [3.8, 4) is 0 Å². The standard InChI is InChI=1S/C24H26FN7O/c25-18-14-29-21(17-13-28-20-16(17)9-6-12-27-20)31-22(18)32-24(26)11-5-4-10-19(24)30-23(33)15-7-2-1-3-8-15/h1-3,6-9,12-14,19-20,27-28H,4-5,10-11,26H2,(H,30,33)(H,29,31,32)/t19-,20?,24-/m1/s1. The number of aromatic nitrogens is 2. The number of fused-ring (bicyclic) bond motifs is 1. The third-order valence-corrected chi connectivity index (χ3v) is 6.28. The highest BCUT2D eigenvalue weighted by atomic mass is 19.1. The van der Waals surface area contributed by atoms with Gasteiger partial charge in [-0.3, -0.25) is 4.79 Å². The van der Waals surface area contributed by atoms with Crippen LogP contribution in [0.3, 0.4) is 0 Å². The number of allylic oxidation sites excluding steroid dienone is 2. The number of nitrogens with one attached hydrogen (secondary N) is 4. The van der Waals surface area contributed by atoms with Crippen LogP contribution >= 0.6 is 0 Å². The normalized spacial score (nSPS) is 25.8. The lowest BCUT2D eigenvalue weighted by atomic mass is 9.84. The molecular formula is C24H26FN7O. The fraction of sp³-hybridized carbons (Fsp3) is 0.292. The molecule has 9 heteroatoms. The number of amides is 1. The summed E-state index contributed by atoms with van der Waals surface area (Å²) in [6.45, 7) is 0. The molecule has 1 saturated carbocycles. The number of hydrogen-bond acceptors (Lipinski definition) is 7. The van der Waals surface area contributed by atoms with E-state index in [1.807, 2.05) is 42.8 Å². The number of rotatable bonds is 5. The van der Waals surface area contributed by atoms with Gasteiger partial charge in [0.1, 0.15) is 11.8 Å². The Hall–Kier alpha value is -3.72. The maximum Gasteiger partial charge on any atom is 0.251 e. The van der Waals surface area contributed by atoms with Crippen molar-refractivity contribution in [2.75, 3.05) is 5.32 Å². The molecule has 3 atom stereocenters. The van der Waals surface area contributed by atoms with Crippen molar-refractivity contribution in [1.82, 2.24) is 25.9 Å². The highest BCUT2D eigenvalue weighted by Crippen LogP contribution is 2.31. The first kappa shape index (κ1) is 21.1. The Morgan fingerprint density at radius 3 is 2.91 bits per heavy atom. The quantitative estimate of drug-likeness (QED) is 0.447. The zero-order valence-electron chi connectivity index (χ0n) is 18.0. The molecule has 170 valence electrons. The van der Waals surface area contributed by atoms with Gasteiger partial charge in [0.25, 0.3) is 5.91 Å². The highest BCUT2D eigenvalue weighted by molar-refractivity contribution is 5.94. The lowest BCUT2D eigenvalue weighted by Crippen LogP contribution is -2.64. The molecule has 8 nitrogen and oxygen atoms in total. The SMILES string of the molecule is N[C@@]1(Nc2nc(C3=CNC4NC=CC=C34)ncc2F)CCCC[C@H]1NC(=O)c1ccccc1. The first-order valence-corrected chi connectivity index (χ1v) is 11.1. The third kappa shape index (κ3) is 4.19. The number of carbonyl (C=O) groups is 1. The minimum absolute atomic E-state index is 0.0209. The van der Waals surface area contributed by atoms with Crippen molar-refractivity contribution in [3.63, 3.8) is 0 Å². The van der Waals surface area contributed by atoms with E-state index in [0.717, 1.165) is 30.2 Å². The van der Waals surface area contributed by atoms with Gasteiger partial charge in [0.2, 0.25) is 0 Å². The molecule has 1 aromatic heterocycles. The van der Waals surface area contributed by atoms with Gasteiger partial charge in [-0.1, -0.05) is 30.7 Å². The monoisotopic (exact) mass is 447 g/mol. The van der Waals surface area contributed by atoms with Crippen molar-refractivity contribution in [1.29, 1.82) is 0 Å². The molecule has 1 unspecified atom stereocenters. The molecule has 0 spiro atoms. The van der Waals surface area contributed by atoms with E-state index in [1.54, 1.807) is 12.1 Å². The highest BCUT2D eigenvalue weighted by Gasteiger charge is 2.39. The summed E-state index contributed by atoms with van der Waals surface area (Å²) in [5.41, 5.74) is 7.99. The molecule has 1 aromatic carbocycles. The van der Waals surface area contributed by atoms with Crippen LogP contribution in [0.1, 0.15) is 41.9 Å². The van der Waals surface area contributed by atoms with Crippen LogP contribution in [0.4, 0.5) is 10.2 Å². The molecule has 1 amide bonds. The first-order chi connectivity index (χ1) is 16.0. The zero-order valence-corrected chi connectivity index (χ0v) is 18.0. The number of benzene rings is 1. The summed E-state index contributed by atoms with van der Waals surface area (Å²) < 4.78 is 14.8. The zero-order chi connectivity index (χ0) is 22.8. The van der Waals surface area contributed by atoms with Crippen LogP contribution in [0.2, 0.25) is 0 Å². The lowest BCUT2D eigenvalue weighted by molar-refractivity contribution is 0.0900. The number of hydrogen-bond donors (Lipinski definition) is 5. The van der Waals surface area contributed by atoms with Gasteiger partial charge in [0.05, 0.1) is 12.2 Å². The topological polar surface area (TPSA) is 117 Å². The second-order valence-electron chi connectivity index (χ2n) is 8.50. The summed E-state index contributed by atoms with van der Waals surface area (Å²) in [6, 6.07) is 8.59. The Kier molecular flexibility index (Phi) is 5.55. The molecule has 0 saturated heterocycles. The Labute approximate surface area is 191 Å². The summed E-state index contributed by atoms with van der Waals surface area (Å²) >= 11 is 0. The van der Waals surface area contributed by atoms with Crippen molar-refractivity contribution in [2.24, 2.45) is 5.73 Å². The molecule has 2 aromatic rings. The van der Waals surface area contributed by atoms with Crippen LogP contribution in [0.15, 0.2) is 66.7 Å². The van der Waals surface area contributed by atoms with E-state index in [0.29, 0.717) is 24.2 Å². The van der Waals surface area contributed by atoms with E-state index in [1.165, 1.54) is 0 Å². The van der Waals surface area contributed by atoms with Crippen LogP contribution < -0.4 is 27.0 Å². The van der Waals surface area contributed by atoms with Crippen LogP contribution in [0.5, 0.6) is 0 Å². The van der Waals surface area contributed by atoms with Gasteiger partial charge in [-0.05, 0) is 43.7 Å². The first-order valence-electron chi connectivity index (χ1n) is 11.1. The molecule has 1 aliphatic carbocycles. The maximum atomic E-state index is 14.8. The van der Waals surface area contributed by atoms with Gasteiger partial charge >= 0.3 is 0 Å². The molecule has 5 rings (SSSR count). The minimum atomic E-state index is -1.05. The van der Waals surface area contributed by atoms with E-state index in [4.69, 9.17) is 5.73 Å². The smallest absolute Gasteiger partial charge is 0.251 e. The molecule has 6 N–H and O–H groups in total. The van der Waals surface area contributed by atoms with Crippen molar-refractivity contribution in [2.45, 2.75) is 43.6 Å². The van der Waals surface area contributed by atoms with E-state index < -0.39 is 11.5 Å². The molecular weight excluding hydrogens is 421 g/mol. The van der Waals surface area contributed by atoms with E-state index in [2.05, 4.69) is 31.2 Å². The number of dihydropyridines is 1. The van der Waals surface area contributed by atoms with Crippen LogP contribution in [-0.2, 0) is 0 Å². The van der Waals surface area contributed by atoms with Crippen LogP contribution in [0, 0.1) is 5.82 Å². The number of nitrogens with two attached hydrogens (primary N) is 1. The maximum absolute atomic E-state index is 14.8. The predicted octanol–water partition coefficient (Wildman–Crippen LogP) is 2.37. The summed E-state index contributed by atoms with van der Waals surface area (Å²) in [5.74, 6) is -0.392. The molecule has 1 fully saturated rings. The molecule has 3 heterocycles. The molecule has 0 radical (unpaired) electrons. The van der Waals surface area contributed by atoms with Crippen molar-refractivity contribution in [3.05, 3.63) is 83.9 Å². The van der Waals surface area contributed by atoms with Crippen LogP contribution in [0.25, 0.3) is 5.57 Å². The van der Waals surface area contributed by atoms with Crippen LogP contribution in [-0.4, -0.2) is 33.7 Å². The van der Waals surface area contributed by atoms with Crippen molar-refractivity contribution < 1.29 is 9.18 Å². The Morgan fingerprint density at radius 1 is 1.21 bits per heavy atom. The summed E-state index contributed by atoms with van der Waals surface area (Å²) in [5, 5.41) is 12.6. The average Bonchev–Trinajstić information content (AvgIpc) is 3.27. The second-order valence-corrected chi connectivity index (χ2v) is 8.50. The number of nitrogens with zero attached hydrogens (tertiary/aromatic N) is 2. The number of carbonyl (C=O) groups excluding carboxylic acids is 1. The number of halogens is 1. The summed E-state index contributed by atoms with van der Waals surface area (Å²) in [7, 11) is 0. The van der Waals surface area contributed by atoms with Gasteiger partial charge in [-0.15, -0.1) is 0 Å². The summed E-state index contributed by atoms with van der Waals surface area (Å²) in [4.78, 5) is 21.4. The van der Waals surface area contributed by atoms with E-state index >= 15 is 0 Å². The largest absolute Gasteiger partial charge is 0.368 e. The van der Waals surface area contributed by atoms with Crippen molar-refractivity contribution >= 4 is 17.3 Å². The number of anilines is 1. The predicted molar refractivity (Wildman–Crippen MR) is 124 cm³/mol. The Balaban J connectivity index is 1.39. The van der Waals surface area contributed by atoms with Gasteiger partial charge in [-0.25, -0.2) is 14.4 Å². The molecule has 33 heavy (non-hydrogen) atoms. The Morgan fingerprint density at radius 2 is 2.06 bits per heavy atom. The van der Waals surface area contributed by atoms with Gasteiger partial charge in [0, 0.05) is 22.9 Å². The lowest BCUT2D eigenvalue weighted by Gasteiger charge is -2.42. The van der Waals surface area contributed by atoms with Gasteiger partial charge in [0.15, 0.2) is 17.5 Å². The summed E-state index contributed by atoms with van der Waals surface area (Å²) in [6.07, 6.45) is 11.6. The molecule has 2 aliphatic heterocycles. The average molecular weight is 448 g/mol. The second kappa shape index (κ2) is 8.67. The third-order valence-electron chi connectivity index (χ3n) is 6.28. The van der Waals surface area contributed by atoms with Gasteiger partial charge < -0.3 is 27.0 Å². The molecule has 0 bridgehead atoms. The van der Waals surface area contributed by atoms with E-state index in [9.17, 15) is 9.18 Å². The van der Waals surface area contributed by atoms with E-state index in [-0.39, 0.29) is 23.9 Å². The fourth-order valence-corrected chi connectivity index (χ4v) is 4.50. The fourth-order valence-electron chi connectivity index (χ4n) is 4.50. The Bertz CT molecular complexity index is 1150. The van der Waals surface area contributed by atoms with Gasteiger partial charge in [-0.2, -0.15) is 0 Å². The minimum Gasteiger partial charge on any atom is -0.368 e. The molecule has 3 aliphatic rings.